The molecule has 162 valence electrons. The number of ether oxygens (including phenoxy) is 3. The van der Waals surface area contributed by atoms with E-state index in [1.807, 2.05) is 0 Å². The molecule has 2 aromatic rings. The molecule has 0 N–H and O–H groups in total. The number of carbonyl (C=O) groups excluding carboxylic acids is 2. The van der Waals surface area contributed by atoms with Crippen molar-refractivity contribution < 1.29 is 32.2 Å². The van der Waals surface area contributed by atoms with Crippen LogP contribution in [0.2, 0.25) is 0 Å². The van der Waals surface area contributed by atoms with Gasteiger partial charge in [-0.25, -0.2) is 17.5 Å². The van der Waals surface area contributed by atoms with Gasteiger partial charge >= 0.3 is 5.97 Å². The Morgan fingerprint density at radius 1 is 0.867 bits per heavy atom. The third-order valence-electron chi connectivity index (χ3n) is 4.07. The zero-order valence-electron chi connectivity index (χ0n) is 17.2. The van der Waals surface area contributed by atoms with Crippen molar-refractivity contribution in [3.05, 3.63) is 54.1 Å². The molecule has 0 fully saturated rings. The van der Waals surface area contributed by atoms with Gasteiger partial charge in [0.15, 0.2) is 12.4 Å². The van der Waals surface area contributed by atoms with Gasteiger partial charge in [-0.15, -0.1) is 0 Å². The molecule has 0 heterocycles. The number of Topliss-reactive ketones (excluding diaryl/α,β-unsaturated/α-hetero) is 1. The SMILES string of the molecule is CCC(=O)c1ccc(OCC(=O)OCCOc2ccc(S(=O)(=O)N(C)C)cc2)cc1. The Labute approximate surface area is 176 Å². The molecule has 8 nitrogen and oxygen atoms in total. The summed E-state index contributed by atoms with van der Waals surface area (Å²) in [6.07, 6.45) is 0.425. The van der Waals surface area contributed by atoms with Crippen LogP contribution in [0, 0.1) is 0 Å². The fraction of sp³-hybridized carbons (Fsp3) is 0.333. The van der Waals surface area contributed by atoms with Gasteiger partial charge < -0.3 is 14.2 Å². The zero-order valence-corrected chi connectivity index (χ0v) is 18.0. The summed E-state index contributed by atoms with van der Waals surface area (Å²) in [4.78, 5) is 23.5. The smallest absolute Gasteiger partial charge is 0.344 e. The number of esters is 1. The van der Waals surface area contributed by atoms with E-state index in [2.05, 4.69) is 0 Å². The minimum absolute atomic E-state index is 0.0177. The average Bonchev–Trinajstić information content (AvgIpc) is 2.75. The maximum atomic E-state index is 12.0. The van der Waals surface area contributed by atoms with Crippen molar-refractivity contribution in [2.75, 3.05) is 33.9 Å². The van der Waals surface area contributed by atoms with Gasteiger partial charge in [0, 0.05) is 26.1 Å². The molecule has 0 aromatic heterocycles. The van der Waals surface area contributed by atoms with E-state index in [9.17, 15) is 18.0 Å². The summed E-state index contributed by atoms with van der Waals surface area (Å²) in [5, 5.41) is 0. The van der Waals surface area contributed by atoms with E-state index in [1.54, 1.807) is 31.2 Å². The second kappa shape index (κ2) is 10.7. The summed E-state index contributed by atoms with van der Waals surface area (Å²) in [5.41, 5.74) is 0.594. The van der Waals surface area contributed by atoms with Crippen LogP contribution in [0.1, 0.15) is 23.7 Å². The number of rotatable bonds is 11. The molecular formula is C21H25NO7S. The summed E-state index contributed by atoms with van der Waals surface area (Å²) < 4.78 is 40.9. The molecule has 2 aromatic carbocycles. The Bertz CT molecular complexity index is 952. The second-order valence-corrected chi connectivity index (χ2v) is 8.57. The van der Waals surface area contributed by atoms with Gasteiger partial charge in [-0.3, -0.25) is 4.79 Å². The van der Waals surface area contributed by atoms with Crippen LogP contribution in [0.4, 0.5) is 0 Å². The topological polar surface area (TPSA) is 99.2 Å². The molecule has 30 heavy (non-hydrogen) atoms. The van der Waals surface area contributed by atoms with E-state index in [0.717, 1.165) is 4.31 Å². The molecule has 0 amide bonds. The van der Waals surface area contributed by atoms with Gasteiger partial charge in [0.05, 0.1) is 4.90 Å². The van der Waals surface area contributed by atoms with Crippen LogP contribution in [0.3, 0.4) is 0 Å². The highest BCUT2D eigenvalue weighted by atomic mass is 32.2. The van der Waals surface area contributed by atoms with Gasteiger partial charge in [-0.2, -0.15) is 0 Å². The molecule has 9 heteroatoms. The van der Waals surface area contributed by atoms with Gasteiger partial charge in [-0.1, -0.05) is 6.92 Å². The van der Waals surface area contributed by atoms with Gasteiger partial charge in [0.2, 0.25) is 10.0 Å². The number of hydrogen-bond acceptors (Lipinski definition) is 7. The minimum atomic E-state index is -3.49. The van der Waals surface area contributed by atoms with E-state index in [1.165, 1.54) is 38.4 Å². The first kappa shape index (κ1) is 23.4. The van der Waals surface area contributed by atoms with Crippen molar-refractivity contribution in [1.82, 2.24) is 4.31 Å². The Hall–Kier alpha value is -2.91. The molecule has 0 radical (unpaired) electrons. The molecule has 0 spiro atoms. The summed E-state index contributed by atoms with van der Waals surface area (Å²) in [6, 6.07) is 12.5. The Morgan fingerprint density at radius 3 is 2.00 bits per heavy atom. The number of hydrogen-bond donors (Lipinski definition) is 0. The van der Waals surface area contributed by atoms with Crippen molar-refractivity contribution in [3.8, 4) is 11.5 Å². The number of carbonyl (C=O) groups is 2. The van der Waals surface area contributed by atoms with Crippen LogP contribution in [0.25, 0.3) is 0 Å². The average molecular weight is 435 g/mol. The first-order valence-electron chi connectivity index (χ1n) is 9.31. The van der Waals surface area contributed by atoms with Crippen LogP contribution in [0.15, 0.2) is 53.4 Å². The largest absolute Gasteiger partial charge is 0.490 e. The van der Waals surface area contributed by atoms with Crippen molar-refractivity contribution >= 4 is 21.8 Å². The van der Waals surface area contributed by atoms with E-state index in [0.29, 0.717) is 23.5 Å². The van der Waals surface area contributed by atoms with Gasteiger partial charge in [0.25, 0.3) is 0 Å². The van der Waals surface area contributed by atoms with Crippen molar-refractivity contribution in [2.24, 2.45) is 0 Å². The highest BCUT2D eigenvalue weighted by Gasteiger charge is 2.16. The van der Waals surface area contributed by atoms with Crippen molar-refractivity contribution in [3.63, 3.8) is 0 Å². The van der Waals surface area contributed by atoms with E-state index < -0.39 is 16.0 Å². The molecule has 0 atom stereocenters. The number of nitrogens with zero attached hydrogens (tertiary/aromatic N) is 1. The lowest BCUT2D eigenvalue weighted by Crippen LogP contribution is -2.22. The third kappa shape index (κ3) is 6.57. The van der Waals surface area contributed by atoms with Crippen LogP contribution in [0.5, 0.6) is 11.5 Å². The van der Waals surface area contributed by atoms with Crippen LogP contribution in [-0.2, 0) is 19.6 Å². The molecule has 2 rings (SSSR count). The minimum Gasteiger partial charge on any atom is -0.490 e. The predicted octanol–water partition coefficient (Wildman–Crippen LogP) is 2.53. The normalized spacial score (nSPS) is 11.2. The first-order valence-corrected chi connectivity index (χ1v) is 10.7. The monoisotopic (exact) mass is 435 g/mol. The summed E-state index contributed by atoms with van der Waals surface area (Å²) in [5.74, 6) is 0.403. The molecule has 0 aliphatic rings. The Kier molecular flexibility index (Phi) is 8.37. The first-order chi connectivity index (χ1) is 14.2. The fourth-order valence-corrected chi connectivity index (χ4v) is 3.26. The van der Waals surface area contributed by atoms with Crippen molar-refractivity contribution in [2.45, 2.75) is 18.2 Å². The number of sulfonamides is 1. The highest BCUT2D eigenvalue weighted by Crippen LogP contribution is 2.18. The number of benzene rings is 2. The van der Waals surface area contributed by atoms with Crippen LogP contribution >= 0.6 is 0 Å². The molecule has 0 saturated heterocycles. The van der Waals surface area contributed by atoms with E-state index >= 15 is 0 Å². The fourth-order valence-electron chi connectivity index (χ4n) is 2.36. The molecule has 0 unspecified atom stereocenters. The summed E-state index contributed by atoms with van der Waals surface area (Å²) in [7, 11) is -0.573. The Morgan fingerprint density at radius 2 is 1.43 bits per heavy atom. The van der Waals surface area contributed by atoms with E-state index in [4.69, 9.17) is 14.2 Å². The van der Waals surface area contributed by atoms with Crippen molar-refractivity contribution in [1.29, 1.82) is 0 Å². The van der Waals surface area contributed by atoms with Crippen LogP contribution in [-0.4, -0.2) is 58.4 Å². The lowest BCUT2D eigenvalue weighted by atomic mass is 10.1. The van der Waals surface area contributed by atoms with Crippen LogP contribution < -0.4 is 9.47 Å². The highest BCUT2D eigenvalue weighted by molar-refractivity contribution is 7.89. The lowest BCUT2D eigenvalue weighted by Gasteiger charge is -2.12. The van der Waals surface area contributed by atoms with E-state index in [-0.39, 0.29) is 30.5 Å². The Balaban J connectivity index is 1.70. The van der Waals surface area contributed by atoms with Gasteiger partial charge in [-0.05, 0) is 48.5 Å². The quantitative estimate of drug-likeness (QED) is 0.304. The summed E-state index contributed by atoms with van der Waals surface area (Å²) in [6.45, 7) is 1.65. The predicted molar refractivity (Wildman–Crippen MR) is 110 cm³/mol. The maximum absolute atomic E-state index is 12.0. The summed E-state index contributed by atoms with van der Waals surface area (Å²) >= 11 is 0. The lowest BCUT2D eigenvalue weighted by molar-refractivity contribution is -0.146. The molecule has 0 saturated carbocycles. The molecule has 0 aliphatic carbocycles. The van der Waals surface area contributed by atoms with Gasteiger partial charge in [0.1, 0.15) is 24.7 Å². The number of ketones is 1. The standard InChI is InChI=1S/C21H25NO7S/c1-4-20(23)16-5-7-18(8-6-16)29-15-21(24)28-14-13-27-17-9-11-19(12-10-17)30(25,26)22(2)3/h5-12H,4,13-15H2,1-3H3. The molecule has 0 bridgehead atoms. The second-order valence-electron chi connectivity index (χ2n) is 6.42. The molecular weight excluding hydrogens is 410 g/mol. The maximum Gasteiger partial charge on any atom is 0.344 e. The molecule has 0 aliphatic heterocycles. The third-order valence-corrected chi connectivity index (χ3v) is 5.90. The zero-order chi connectivity index (χ0) is 22.1.